The molecule has 3 aliphatic rings. The largest absolute Gasteiger partial charge is 0.508 e. The number of aliphatic hydroxyl groups is 1. The number of pyridine rings is 2. The summed E-state index contributed by atoms with van der Waals surface area (Å²) in [5.41, 5.74) is 4.88. The molecule has 4 bridgehead atoms. The van der Waals surface area contributed by atoms with Crippen LogP contribution in [0.1, 0.15) is 66.5 Å². The Bertz CT molecular complexity index is 3240. The number of carbonyl (C=O) groups excluding carboxylic acids is 2. The first-order valence-corrected chi connectivity index (χ1v) is 21.2. The number of aryl methyl sites for hydroxylation is 1. The maximum Gasteiger partial charge on any atom is 0.348 e. The number of hydrogen-bond acceptors (Lipinski definition) is 12. The number of nitrogens with zero attached hydrogens (tertiary/aromatic N) is 6. The van der Waals surface area contributed by atoms with E-state index in [0.29, 0.717) is 65.6 Å². The second kappa shape index (κ2) is 15.2. The molecule has 4 aromatic heterocycles. The van der Waals surface area contributed by atoms with E-state index in [1.165, 1.54) is 10.6 Å². The van der Waals surface area contributed by atoms with Crippen molar-refractivity contribution < 1.29 is 39.1 Å². The molecular weight excluding hydrogens is 823 g/mol. The van der Waals surface area contributed by atoms with Crippen LogP contribution in [0.15, 0.2) is 70.4 Å². The number of rotatable bonds is 11. The van der Waals surface area contributed by atoms with Crippen LogP contribution in [-0.2, 0) is 50.8 Å². The maximum atomic E-state index is 13.7. The molecule has 7 heterocycles. The average Bonchev–Trinajstić information content (AvgIpc) is 3.98. The molecule has 7 aromatic rings. The van der Waals surface area contributed by atoms with Crippen LogP contribution in [0.5, 0.6) is 17.2 Å². The van der Waals surface area contributed by atoms with E-state index in [-0.39, 0.29) is 78.6 Å². The molecular formula is C47H45N7O10. The molecule has 328 valence electrons. The summed E-state index contributed by atoms with van der Waals surface area (Å²) in [6, 6.07) is 15.8. The number of esters is 1. The third-order valence-corrected chi connectivity index (χ3v) is 13.1. The predicted octanol–water partition coefficient (Wildman–Crippen LogP) is 4.57. The molecule has 3 aromatic carbocycles. The van der Waals surface area contributed by atoms with E-state index >= 15 is 0 Å². The summed E-state index contributed by atoms with van der Waals surface area (Å²) in [5.74, 6) is -0.805. The van der Waals surface area contributed by atoms with Crippen LogP contribution >= 0.6 is 0 Å². The Balaban J connectivity index is 0.792. The predicted molar refractivity (Wildman–Crippen MR) is 234 cm³/mol. The van der Waals surface area contributed by atoms with Crippen molar-refractivity contribution in [1.82, 2.24) is 33.8 Å². The number of cyclic esters (lactones) is 1. The van der Waals surface area contributed by atoms with Crippen molar-refractivity contribution in [2.24, 2.45) is 0 Å². The van der Waals surface area contributed by atoms with E-state index in [9.17, 15) is 34.5 Å². The van der Waals surface area contributed by atoms with Gasteiger partial charge in [-0.15, -0.1) is 0 Å². The van der Waals surface area contributed by atoms with Crippen LogP contribution in [0.2, 0.25) is 0 Å². The van der Waals surface area contributed by atoms with Gasteiger partial charge in [-0.2, -0.15) is 5.10 Å². The Hall–Kier alpha value is -7.24. The number of aromatic nitrogens is 6. The fraction of sp³-hybridized carbons (Fsp3) is 0.319. The van der Waals surface area contributed by atoms with Gasteiger partial charge in [0.2, 0.25) is 0 Å². The van der Waals surface area contributed by atoms with Gasteiger partial charge in [-0.05, 0) is 72.5 Å². The van der Waals surface area contributed by atoms with Gasteiger partial charge in [0.25, 0.3) is 11.5 Å². The SMILES string of the molecule is CCc1c2c(nc3ccc(OCC(=O)N(C)CCOCCn4cc5c6cc(ccc64)-n4c(n[nH]c4=O)-c4cc(c(O)cc4O)C5C)cc13)-c1cc3c(c(=O)n1C2)COC(=O)C3(O)CC. The number of carbonyl (C=O) groups is 2. The summed E-state index contributed by atoms with van der Waals surface area (Å²) in [7, 11) is 1.69. The number of H-pyrrole nitrogens is 1. The Kier molecular flexibility index (Phi) is 9.72. The summed E-state index contributed by atoms with van der Waals surface area (Å²) in [6.07, 6.45) is 2.71. The third-order valence-electron chi connectivity index (χ3n) is 13.1. The van der Waals surface area contributed by atoms with Crippen molar-refractivity contribution in [3.05, 3.63) is 115 Å². The van der Waals surface area contributed by atoms with E-state index in [1.807, 2.05) is 50.4 Å². The zero-order chi connectivity index (χ0) is 44.8. The zero-order valence-corrected chi connectivity index (χ0v) is 35.6. The van der Waals surface area contributed by atoms with Gasteiger partial charge in [-0.1, -0.05) is 20.8 Å². The molecule has 17 heteroatoms. The van der Waals surface area contributed by atoms with Gasteiger partial charge in [0, 0.05) is 71.3 Å². The highest BCUT2D eigenvalue weighted by Gasteiger charge is 2.45. The number of phenols is 2. The van der Waals surface area contributed by atoms with Crippen LogP contribution in [-0.4, -0.2) is 94.4 Å². The van der Waals surface area contributed by atoms with Gasteiger partial charge in [0.1, 0.15) is 23.9 Å². The highest BCUT2D eigenvalue weighted by molar-refractivity contribution is 5.91. The first kappa shape index (κ1) is 40.8. The number of aromatic hydroxyl groups is 2. The normalized spacial score (nSPS) is 17.0. The Morgan fingerprint density at radius 1 is 1.00 bits per heavy atom. The van der Waals surface area contributed by atoms with Gasteiger partial charge < -0.3 is 43.6 Å². The summed E-state index contributed by atoms with van der Waals surface area (Å²) >= 11 is 0. The molecule has 0 saturated carbocycles. The van der Waals surface area contributed by atoms with Crippen LogP contribution in [0.3, 0.4) is 0 Å². The van der Waals surface area contributed by atoms with Crippen molar-refractivity contribution in [2.75, 3.05) is 33.4 Å². The minimum absolute atomic E-state index is 0.0602. The number of fused-ring (bicyclic) bond motifs is 11. The fourth-order valence-corrected chi connectivity index (χ4v) is 9.47. The topological polar surface area (TPSA) is 216 Å². The lowest BCUT2D eigenvalue weighted by atomic mass is 9.86. The van der Waals surface area contributed by atoms with Crippen LogP contribution in [0, 0.1) is 0 Å². The molecule has 0 radical (unpaired) electrons. The number of ether oxygens (including phenoxy) is 3. The molecule has 0 aliphatic carbocycles. The maximum absolute atomic E-state index is 13.7. The van der Waals surface area contributed by atoms with Gasteiger partial charge in [-0.25, -0.2) is 24.2 Å². The van der Waals surface area contributed by atoms with E-state index in [1.54, 1.807) is 41.6 Å². The second-order valence-corrected chi connectivity index (χ2v) is 16.6. The Labute approximate surface area is 364 Å². The van der Waals surface area contributed by atoms with Gasteiger partial charge in [0.05, 0.1) is 53.5 Å². The number of phenolic OH excluding ortho intramolecular Hbond substituents is 2. The summed E-state index contributed by atoms with van der Waals surface area (Å²) in [6.45, 7) is 7.03. The number of nitrogens with one attached hydrogen (secondary N) is 1. The fourth-order valence-electron chi connectivity index (χ4n) is 9.47. The van der Waals surface area contributed by atoms with Crippen molar-refractivity contribution in [1.29, 1.82) is 0 Å². The second-order valence-electron chi connectivity index (χ2n) is 16.6. The van der Waals surface area contributed by atoms with Crippen molar-refractivity contribution >= 4 is 33.7 Å². The lowest BCUT2D eigenvalue weighted by molar-refractivity contribution is -0.172. The smallest absolute Gasteiger partial charge is 0.348 e. The molecule has 1 amide bonds. The van der Waals surface area contributed by atoms with E-state index in [4.69, 9.17) is 19.2 Å². The summed E-state index contributed by atoms with van der Waals surface area (Å²) in [5, 5.41) is 41.3. The average molecular weight is 868 g/mol. The first-order valence-electron chi connectivity index (χ1n) is 21.2. The minimum atomic E-state index is -1.91. The summed E-state index contributed by atoms with van der Waals surface area (Å²) in [4.78, 5) is 58.9. The lowest BCUT2D eigenvalue weighted by Crippen LogP contribution is -2.44. The highest BCUT2D eigenvalue weighted by Crippen LogP contribution is 2.44. The lowest BCUT2D eigenvalue weighted by Gasteiger charge is -2.31. The number of benzene rings is 3. The highest BCUT2D eigenvalue weighted by atomic mass is 16.6. The van der Waals surface area contributed by atoms with E-state index in [2.05, 4.69) is 14.8 Å². The third kappa shape index (κ3) is 6.28. The first-order chi connectivity index (χ1) is 30.8. The van der Waals surface area contributed by atoms with Gasteiger partial charge in [-0.3, -0.25) is 9.59 Å². The molecule has 2 unspecified atom stereocenters. The Morgan fingerprint density at radius 2 is 1.83 bits per heavy atom. The van der Waals surface area contributed by atoms with Crippen molar-refractivity contribution in [2.45, 2.75) is 64.8 Å². The summed E-state index contributed by atoms with van der Waals surface area (Å²) < 4.78 is 22.3. The Morgan fingerprint density at radius 3 is 2.62 bits per heavy atom. The van der Waals surface area contributed by atoms with Crippen molar-refractivity contribution in [3.8, 4) is 45.7 Å². The van der Waals surface area contributed by atoms with Gasteiger partial charge in [0.15, 0.2) is 18.0 Å². The van der Waals surface area contributed by atoms with Crippen LogP contribution in [0.4, 0.5) is 0 Å². The molecule has 64 heavy (non-hydrogen) atoms. The monoisotopic (exact) mass is 867 g/mol. The number of amides is 1. The van der Waals surface area contributed by atoms with Crippen LogP contribution < -0.4 is 16.0 Å². The molecule has 10 rings (SSSR count). The quantitative estimate of drug-likeness (QED) is 0.104. The molecule has 0 spiro atoms. The van der Waals surface area contributed by atoms with E-state index in [0.717, 1.165) is 33.0 Å². The molecule has 17 nitrogen and oxygen atoms in total. The number of hydrogen-bond donors (Lipinski definition) is 4. The molecule has 4 N–H and O–H groups in total. The minimum Gasteiger partial charge on any atom is -0.508 e. The molecule has 2 atom stereocenters. The van der Waals surface area contributed by atoms with E-state index < -0.39 is 17.3 Å². The van der Waals surface area contributed by atoms with Crippen LogP contribution in [0.25, 0.3) is 50.3 Å². The standard InChI is InChI=1S/C47H45N7O10/c1-5-27-29-16-26(8-9-36(29)48-42-33(27)21-53-38(42)18-35-34(44(53)58)22-64-45(59)47(35,61)6-2)63-23-41(57)51(4)11-13-62-14-12-52-20-32-24(3)28-17-31(40(56)19-39(28)55)43-49-50-46(60)54(43)25-7-10-37(52)30(32)15-25/h7-10,15-20,24,55-56,61H,5-6,11-14,21-23H2,1-4H3,(H,50,60). The molecule has 0 fully saturated rings. The molecule has 3 aliphatic heterocycles. The number of likely N-dealkylation sites (N-methyl/N-ethyl adjacent to an activating group) is 1. The van der Waals surface area contributed by atoms with Gasteiger partial charge >= 0.3 is 11.7 Å². The zero-order valence-electron chi connectivity index (χ0n) is 35.6. The molecule has 0 saturated heterocycles. The number of aromatic amines is 1. The van der Waals surface area contributed by atoms with Crippen molar-refractivity contribution in [3.63, 3.8) is 0 Å².